The number of aryl methyl sites for hydroxylation is 3. The molecule has 0 bridgehead atoms. The van der Waals surface area contributed by atoms with Gasteiger partial charge in [-0.05, 0) is 25.5 Å². The average Bonchev–Trinajstić information content (AvgIpc) is 2.86. The van der Waals surface area contributed by atoms with Crippen molar-refractivity contribution >= 4 is 28.2 Å². The summed E-state index contributed by atoms with van der Waals surface area (Å²) in [6, 6.07) is 5.71. The van der Waals surface area contributed by atoms with Gasteiger partial charge in [0.25, 0.3) is 0 Å². The first-order chi connectivity index (χ1) is 10.5. The van der Waals surface area contributed by atoms with Crippen LogP contribution in [0, 0.1) is 13.8 Å². The number of methoxy groups -OCH3 is 1. The first-order valence-electron chi connectivity index (χ1n) is 6.94. The van der Waals surface area contributed by atoms with E-state index in [2.05, 4.69) is 5.32 Å². The molecule has 2 heterocycles. The Morgan fingerprint density at radius 1 is 1.26 bits per heavy atom. The second kappa shape index (κ2) is 8.79. The van der Waals surface area contributed by atoms with Crippen LogP contribution in [0.2, 0.25) is 0 Å². The minimum absolute atomic E-state index is 0. The van der Waals surface area contributed by atoms with Gasteiger partial charge in [-0.25, -0.2) is 9.36 Å². The number of hydrogen-bond donors (Lipinski definition) is 1. The number of amides is 1. The quantitative estimate of drug-likeness (QED) is 0.544. The van der Waals surface area contributed by atoms with Gasteiger partial charge in [0, 0.05) is 17.0 Å². The van der Waals surface area contributed by atoms with Crippen molar-refractivity contribution in [3.05, 3.63) is 46.6 Å². The maximum Gasteiger partial charge on any atom is 0.340 e. The molecule has 0 saturated carbocycles. The van der Waals surface area contributed by atoms with E-state index >= 15 is 0 Å². The van der Waals surface area contributed by atoms with Crippen LogP contribution in [-0.2, 0) is 16.1 Å². The molecule has 2 rings (SSSR count). The van der Waals surface area contributed by atoms with Crippen molar-refractivity contribution in [1.82, 2.24) is 0 Å². The van der Waals surface area contributed by atoms with Crippen molar-refractivity contribution in [3.63, 3.8) is 0 Å². The van der Waals surface area contributed by atoms with Crippen LogP contribution in [0.3, 0.4) is 0 Å². The highest BCUT2D eigenvalue weighted by molar-refractivity contribution is 7.16. The van der Waals surface area contributed by atoms with Gasteiger partial charge in [-0.1, -0.05) is 0 Å². The highest BCUT2D eigenvalue weighted by Crippen LogP contribution is 2.28. The fourth-order valence-electron chi connectivity index (χ4n) is 1.97. The Labute approximate surface area is 150 Å². The molecule has 23 heavy (non-hydrogen) atoms. The summed E-state index contributed by atoms with van der Waals surface area (Å²) in [5.41, 5.74) is 1.58. The average molecular weight is 399 g/mol. The predicted molar refractivity (Wildman–Crippen MR) is 85.0 cm³/mol. The molecule has 0 spiro atoms. The molecule has 1 N–H and O–H groups in total. The summed E-state index contributed by atoms with van der Waals surface area (Å²) in [5, 5.41) is 3.34. The Balaban J connectivity index is 0.00000264. The second-order valence-corrected chi connectivity index (χ2v) is 6.26. The smallest absolute Gasteiger partial charge is 0.340 e. The minimum atomic E-state index is -0.437. The molecule has 0 aliphatic carbocycles. The molecular formula is C16H19BrN2O3S. The number of carbonyl (C=O) groups is 2. The zero-order chi connectivity index (χ0) is 16.1. The fraction of sp³-hybridized carbons (Fsp3) is 0.312. The van der Waals surface area contributed by atoms with E-state index in [0.717, 1.165) is 4.88 Å². The summed E-state index contributed by atoms with van der Waals surface area (Å²) < 4.78 is 6.68. The summed E-state index contributed by atoms with van der Waals surface area (Å²) in [4.78, 5) is 24.7. The van der Waals surface area contributed by atoms with Gasteiger partial charge in [0.15, 0.2) is 18.9 Å². The molecule has 0 aliphatic rings. The molecule has 2 aromatic rings. The standard InChI is InChI=1S/C16H18N2O3S.BrH/c1-11-4-7-18(8-5-11)9-6-14(19)17-15-13(16(20)21-3)10-12(2)22-15;/h4-5,7-8,10H,6,9H2,1-3H3;1H. The molecule has 5 nitrogen and oxygen atoms in total. The van der Waals surface area contributed by atoms with Crippen LogP contribution in [0.15, 0.2) is 30.6 Å². The Morgan fingerprint density at radius 2 is 1.91 bits per heavy atom. The molecule has 0 fully saturated rings. The number of ether oxygens (including phenoxy) is 1. The van der Waals surface area contributed by atoms with E-state index in [4.69, 9.17) is 4.74 Å². The lowest BCUT2D eigenvalue weighted by atomic mass is 10.3. The lowest BCUT2D eigenvalue weighted by molar-refractivity contribution is -0.695. The number of halogens is 1. The predicted octanol–water partition coefficient (Wildman–Crippen LogP) is -0.528. The zero-order valence-electron chi connectivity index (χ0n) is 13.3. The van der Waals surface area contributed by atoms with Crippen molar-refractivity contribution in [2.45, 2.75) is 26.8 Å². The van der Waals surface area contributed by atoms with Crippen LogP contribution >= 0.6 is 11.3 Å². The van der Waals surface area contributed by atoms with Crippen LogP contribution in [-0.4, -0.2) is 19.0 Å². The third kappa shape index (κ3) is 5.44. The number of thiophene rings is 1. The Kier molecular flexibility index (Phi) is 7.38. The molecule has 0 radical (unpaired) electrons. The number of esters is 1. The molecule has 0 saturated heterocycles. The fourth-order valence-corrected chi connectivity index (χ4v) is 2.89. The summed E-state index contributed by atoms with van der Waals surface area (Å²) in [7, 11) is 1.33. The number of nitrogens with one attached hydrogen (secondary N) is 1. The molecule has 2 aromatic heterocycles. The third-order valence-corrected chi connectivity index (χ3v) is 4.13. The Morgan fingerprint density at radius 3 is 2.52 bits per heavy atom. The Bertz CT molecular complexity index is 683. The Hall–Kier alpha value is -1.73. The molecule has 0 aliphatic heterocycles. The summed E-state index contributed by atoms with van der Waals surface area (Å²) in [6.07, 6.45) is 4.22. The van der Waals surface area contributed by atoms with Crippen LogP contribution in [0.1, 0.15) is 27.2 Å². The van der Waals surface area contributed by atoms with Crippen molar-refractivity contribution in [3.8, 4) is 0 Å². The van der Waals surface area contributed by atoms with Crippen molar-refractivity contribution in [2.24, 2.45) is 0 Å². The van der Waals surface area contributed by atoms with Gasteiger partial charge in [-0.2, -0.15) is 0 Å². The summed E-state index contributed by atoms with van der Waals surface area (Å²) in [5.74, 6) is -0.562. The maximum atomic E-state index is 12.1. The van der Waals surface area contributed by atoms with E-state index in [-0.39, 0.29) is 22.9 Å². The zero-order valence-corrected chi connectivity index (χ0v) is 15.7. The topological polar surface area (TPSA) is 59.3 Å². The first-order valence-corrected chi connectivity index (χ1v) is 7.75. The number of nitrogens with zero attached hydrogens (tertiary/aromatic N) is 1. The van der Waals surface area contributed by atoms with Gasteiger partial charge in [0.1, 0.15) is 5.00 Å². The van der Waals surface area contributed by atoms with Gasteiger partial charge < -0.3 is 27.0 Å². The van der Waals surface area contributed by atoms with Crippen molar-refractivity contribution < 1.29 is 35.9 Å². The lowest BCUT2D eigenvalue weighted by Crippen LogP contribution is -3.00. The minimum Gasteiger partial charge on any atom is -1.00 e. The molecule has 0 aromatic carbocycles. The number of carbonyl (C=O) groups excluding carboxylic acids is 2. The molecule has 1 amide bonds. The maximum absolute atomic E-state index is 12.1. The normalized spacial score (nSPS) is 9.87. The summed E-state index contributed by atoms with van der Waals surface area (Å²) >= 11 is 1.37. The van der Waals surface area contributed by atoms with Crippen molar-refractivity contribution in [1.29, 1.82) is 0 Å². The molecule has 0 unspecified atom stereocenters. The van der Waals surface area contributed by atoms with E-state index in [1.165, 1.54) is 24.0 Å². The van der Waals surface area contributed by atoms with Gasteiger partial charge in [0.2, 0.25) is 5.91 Å². The van der Waals surface area contributed by atoms with Gasteiger partial charge in [0.05, 0.1) is 19.1 Å². The second-order valence-electron chi connectivity index (χ2n) is 5.00. The van der Waals surface area contributed by atoms with Gasteiger partial charge in [-0.3, -0.25) is 4.79 Å². The van der Waals surface area contributed by atoms with E-state index in [1.54, 1.807) is 6.07 Å². The van der Waals surface area contributed by atoms with Crippen LogP contribution in [0.4, 0.5) is 5.00 Å². The van der Waals surface area contributed by atoms with Crippen LogP contribution in [0.25, 0.3) is 0 Å². The number of hydrogen-bond acceptors (Lipinski definition) is 4. The van der Waals surface area contributed by atoms with E-state index in [0.29, 0.717) is 23.5 Å². The SMILES string of the molecule is COC(=O)c1cc(C)sc1NC(=O)CC[n+]1ccc(C)cc1.[Br-]. The van der Waals surface area contributed by atoms with Gasteiger partial charge >= 0.3 is 5.97 Å². The van der Waals surface area contributed by atoms with Crippen LogP contribution in [0.5, 0.6) is 0 Å². The van der Waals surface area contributed by atoms with E-state index in [1.807, 2.05) is 42.9 Å². The van der Waals surface area contributed by atoms with E-state index in [9.17, 15) is 9.59 Å². The highest BCUT2D eigenvalue weighted by atomic mass is 79.9. The molecule has 0 atom stereocenters. The monoisotopic (exact) mass is 398 g/mol. The highest BCUT2D eigenvalue weighted by Gasteiger charge is 2.17. The molecule has 124 valence electrons. The number of pyridine rings is 1. The van der Waals surface area contributed by atoms with Crippen molar-refractivity contribution in [2.75, 3.05) is 12.4 Å². The molecule has 7 heteroatoms. The third-order valence-electron chi connectivity index (χ3n) is 3.17. The summed E-state index contributed by atoms with van der Waals surface area (Å²) in [6.45, 7) is 4.49. The van der Waals surface area contributed by atoms with E-state index < -0.39 is 5.97 Å². The first kappa shape index (κ1) is 19.3. The van der Waals surface area contributed by atoms with Crippen LogP contribution < -0.4 is 26.9 Å². The number of rotatable bonds is 5. The lowest BCUT2D eigenvalue weighted by Gasteiger charge is -2.04. The number of aromatic nitrogens is 1. The molecular weight excluding hydrogens is 380 g/mol. The number of anilines is 1. The van der Waals surface area contributed by atoms with Gasteiger partial charge in [-0.15, -0.1) is 11.3 Å². The largest absolute Gasteiger partial charge is 1.00 e.